The van der Waals surface area contributed by atoms with Crippen LogP contribution in [0, 0.1) is 13.8 Å². The van der Waals surface area contributed by atoms with Crippen LogP contribution >= 0.6 is 11.8 Å². The number of sulfonamides is 1. The van der Waals surface area contributed by atoms with Gasteiger partial charge >= 0.3 is 0 Å². The number of nitrogens with one attached hydrogen (secondary N) is 1. The molecule has 0 radical (unpaired) electrons. The van der Waals surface area contributed by atoms with Crippen LogP contribution in [0.5, 0.6) is 0 Å². The molecule has 0 aliphatic carbocycles. The Kier molecular flexibility index (Phi) is 6.22. The van der Waals surface area contributed by atoms with Crippen molar-refractivity contribution in [2.45, 2.75) is 37.7 Å². The Morgan fingerprint density at radius 3 is 2.39 bits per heavy atom. The summed E-state index contributed by atoms with van der Waals surface area (Å²) in [4.78, 5) is 0. The van der Waals surface area contributed by atoms with Gasteiger partial charge in [0.05, 0.1) is 12.3 Å². The molecule has 0 saturated carbocycles. The summed E-state index contributed by atoms with van der Waals surface area (Å²) in [6.45, 7) is 5.88. The summed E-state index contributed by atoms with van der Waals surface area (Å²) in [7, 11) is -3.37. The highest BCUT2D eigenvalue weighted by atomic mass is 32.2. The summed E-state index contributed by atoms with van der Waals surface area (Å²) in [6, 6.07) is 15.8. The maximum absolute atomic E-state index is 11.7. The Hall–Kier alpha value is -2.16. The van der Waals surface area contributed by atoms with Gasteiger partial charge in [0.1, 0.15) is 0 Å². The van der Waals surface area contributed by atoms with E-state index in [1.807, 2.05) is 47.9 Å². The maximum atomic E-state index is 11.7. The van der Waals surface area contributed by atoms with Crippen LogP contribution in [0.15, 0.2) is 53.7 Å². The smallest absolute Gasteiger partial charge is 0.209 e. The molecule has 3 rings (SSSR count). The lowest BCUT2D eigenvalue weighted by Crippen LogP contribution is -2.27. The minimum Gasteiger partial charge on any atom is -0.273 e. The van der Waals surface area contributed by atoms with Crippen molar-refractivity contribution in [2.75, 3.05) is 6.26 Å². The molecule has 0 fully saturated rings. The van der Waals surface area contributed by atoms with Gasteiger partial charge in [-0.3, -0.25) is 4.57 Å². The summed E-state index contributed by atoms with van der Waals surface area (Å²) in [5.74, 6) is 1.31. The zero-order valence-electron chi connectivity index (χ0n) is 16.4. The van der Waals surface area contributed by atoms with E-state index in [9.17, 15) is 8.42 Å². The molecule has 0 amide bonds. The van der Waals surface area contributed by atoms with Crippen LogP contribution in [-0.2, 0) is 15.8 Å². The summed E-state index contributed by atoms with van der Waals surface area (Å²) >= 11 is 1.58. The Bertz CT molecular complexity index is 1060. The Morgan fingerprint density at radius 1 is 1.07 bits per heavy atom. The van der Waals surface area contributed by atoms with Crippen molar-refractivity contribution in [3.8, 4) is 5.69 Å². The third-order valence-electron chi connectivity index (χ3n) is 4.35. The van der Waals surface area contributed by atoms with Crippen molar-refractivity contribution in [1.29, 1.82) is 0 Å². The van der Waals surface area contributed by atoms with E-state index in [2.05, 4.69) is 34.0 Å². The molecule has 0 spiro atoms. The Balaban J connectivity index is 1.97. The number of rotatable bonds is 7. The van der Waals surface area contributed by atoms with Gasteiger partial charge in [0, 0.05) is 11.4 Å². The van der Waals surface area contributed by atoms with Crippen molar-refractivity contribution in [1.82, 2.24) is 19.5 Å². The number of nitrogens with zero attached hydrogens (tertiary/aromatic N) is 3. The fourth-order valence-corrected chi connectivity index (χ4v) is 4.66. The normalized spacial score (nSPS) is 12.9. The van der Waals surface area contributed by atoms with Crippen LogP contribution in [0.1, 0.15) is 35.5 Å². The number of hydrogen-bond donors (Lipinski definition) is 1. The molecule has 8 heteroatoms. The van der Waals surface area contributed by atoms with E-state index in [0.29, 0.717) is 5.82 Å². The molecule has 0 bridgehead atoms. The van der Waals surface area contributed by atoms with E-state index in [4.69, 9.17) is 0 Å². The topological polar surface area (TPSA) is 76.9 Å². The lowest BCUT2D eigenvalue weighted by molar-refractivity contribution is 0.561. The molecule has 0 aliphatic heterocycles. The largest absolute Gasteiger partial charge is 0.273 e. The van der Waals surface area contributed by atoms with Crippen molar-refractivity contribution >= 4 is 21.8 Å². The van der Waals surface area contributed by atoms with E-state index in [1.54, 1.807) is 18.7 Å². The number of hydrogen-bond acceptors (Lipinski definition) is 5. The highest BCUT2D eigenvalue weighted by Crippen LogP contribution is 2.28. The number of thioether (sulfide) groups is 1. The first-order valence-corrected chi connectivity index (χ1v) is 11.8. The van der Waals surface area contributed by atoms with E-state index in [0.717, 1.165) is 28.4 Å². The molecule has 2 aromatic carbocycles. The maximum Gasteiger partial charge on any atom is 0.209 e. The number of benzene rings is 2. The molecule has 28 heavy (non-hydrogen) atoms. The molecule has 1 N–H and O–H groups in total. The molecule has 148 valence electrons. The third kappa shape index (κ3) is 5.01. The molecule has 1 atom stereocenters. The number of aromatic nitrogens is 3. The minimum absolute atomic E-state index is 0.503. The second kappa shape index (κ2) is 8.46. The van der Waals surface area contributed by atoms with Gasteiger partial charge in [0.2, 0.25) is 10.0 Å². The molecular formula is C20H24N4O2S2. The molecule has 0 unspecified atom stereocenters. The predicted octanol–water partition coefficient (Wildman–Crippen LogP) is 3.79. The molecule has 0 saturated heterocycles. The average molecular weight is 417 g/mol. The summed E-state index contributed by atoms with van der Waals surface area (Å²) in [5.41, 5.74) is 4.51. The molecular weight excluding hydrogens is 392 g/mol. The Morgan fingerprint density at radius 2 is 1.75 bits per heavy atom. The quantitative estimate of drug-likeness (QED) is 0.593. The van der Waals surface area contributed by atoms with E-state index in [1.165, 1.54) is 11.1 Å². The fourth-order valence-electron chi connectivity index (χ4n) is 2.88. The zero-order valence-corrected chi connectivity index (χ0v) is 18.0. The second-order valence-electron chi connectivity index (χ2n) is 6.84. The molecule has 3 aromatic rings. The van der Waals surface area contributed by atoms with Crippen molar-refractivity contribution in [3.05, 3.63) is 71.0 Å². The zero-order chi connectivity index (χ0) is 20.3. The predicted molar refractivity (Wildman–Crippen MR) is 113 cm³/mol. The highest BCUT2D eigenvalue weighted by Gasteiger charge is 2.22. The van der Waals surface area contributed by atoms with Gasteiger partial charge in [0.15, 0.2) is 11.0 Å². The highest BCUT2D eigenvalue weighted by molar-refractivity contribution is 7.98. The lowest BCUT2D eigenvalue weighted by Gasteiger charge is -2.15. The molecule has 6 nitrogen and oxygen atoms in total. The van der Waals surface area contributed by atoms with Crippen LogP contribution in [0.2, 0.25) is 0 Å². The van der Waals surface area contributed by atoms with Gasteiger partial charge in [-0.05, 0) is 44.0 Å². The van der Waals surface area contributed by atoms with Crippen LogP contribution in [0.25, 0.3) is 5.69 Å². The van der Waals surface area contributed by atoms with Crippen LogP contribution < -0.4 is 4.72 Å². The van der Waals surface area contributed by atoms with E-state index in [-0.39, 0.29) is 0 Å². The Labute approximate surface area is 170 Å². The summed E-state index contributed by atoms with van der Waals surface area (Å²) < 4.78 is 27.9. The van der Waals surface area contributed by atoms with Gasteiger partial charge in [-0.1, -0.05) is 53.7 Å². The van der Waals surface area contributed by atoms with Crippen molar-refractivity contribution in [2.24, 2.45) is 0 Å². The first-order valence-electron chi connectivity index (χ1n) is 8.91. The van der Waals surface area contributed by atoms with Crippen molar-refractivity contribution < 1.29 is 8.42 Å². The van der Waals surface area contributed by atoms with E-state index >= 15 is 0 Å². The van der Waals surface area contributed by atoms with Gasteiger partial charge < -0.3 is 0 Å². The first kappa shape index (κ1) is 20.6. The number of aryl methyl sites for hydroxylation is 2. The molecule has 0 aliphatic rings. The van der Waals surface area contributed by atoms with Gasteiger partial charge in [-0.2, -0.15) is 0 Å². The monoisotopic (exact) mass is 416 g/mol. The summed E-state index contributed by atoms with van der Waals surface area (Å²) in [5, 5.41) is 9.38. The first-order chi connectivity index (χ1) is 13.2. The van der Waals surface area contributed by atoms with Crippen molar-refractivity contribution in [3.63, 3.8) is 0 Å². The average Bonchev–Trinajstić information content (AvgIpc) is 3.04. The van der Waals surface area contributed by atoms with Gasteiger partial charge in [-0.25, -0.2) is 13.1 Å². The minimum atomic E-state index is -3.37. The lowest BCUT2D eigenvalue weighted by atomic mass is 10.1. The third-order valence-corrected chi connectivity index (χ3v) is 6.11. The summed E-state index contributed by atoms with van der Waals surface area (Å²) in [6.07, 6.45) is 1.14. The SMILES string of the molecule is Cc1ccc(-n2c(SCc3ccccc3C)nnc2[C@H](C)NS(C)(=O)=O)cc1. The van der Waals surface area contributed by atoms with Gasteiger partial charge in [0.25, 0.3) is 0 Å². The standard InChI is InChI=1S/C20H24N4O2S2/c1-14-9-11-18(12-10-14)24-19(16(3)23-28(4,25)26)21-22-20(24)27-13-17-8-6-5-7-15(17)2/h5-12,16,23H,13H2,1-4H3/t16-/m0/s1. The van der Waals surface area contributed by atoms with Crippen LogP contribution in [0.3, 0.4) is 0 Å². The molecule has 1 aromatic heterocycles. The van der Waals surface area contributed by atoms with Crippen LogP contribution in [0.4, 0.5) is 0 Å². The van der Waals surface area contributed by atoms with Crippen LogP contribution in [-0.4, -0.2) is 29.4 Å². The van der Waals surface area contributed by atoms with Gasteiger partial charge in [-0.15, -0.1) is 10.2 Å². The van der Waals surface area contributed by atoms with E-state index < -0.39 is 16.1 Å². The molecule has 1 heterocycles. The fraction of sp³-hybridized carbons (Fsp3) is 0.300. The second-order valence-corrected chi connectivity index (χ2v) is 9.56.